The van der Waals surface area contributed by atoms with Crippen molar-refractivity contribution < 1.29 is 9.90 Å². The van der Waals surface area contributed by atoms with E-state index in [0.29, 0.717) is 23.7 Å². The Kier molecular flexibility index (Phi) is 3.17. The van der Waals surface area contributed by atoms with Gasteiger partial charge in [0.1, 0.15) is 0 Å². The lowest BCUT2D eigenvalue weighted by Gasteiger charge is -2.38. The quantitative estimate of drug-likeness (QED) is 0.854. The van der Waals surface area contributed by atoms with Gasteiger partial charge in [0.25, 0.3) is 5.91 Å². The fourth-order valence-electron chi connectivity index (χ4n) is 1.89. The predicted octanol–water partition coefficient (Wildman–Crippen LogP) is 1.71. The van der Waals surface area contributed by atoms with Gasteiger partial charge in [0.2, 0.25) is 0 Å². The molecule has 0 atom stereocenters. The molecule has 0 saturated carbocycles. The number of likely N-dealkylation sites (tertiary alicyclic amines) is 1. The summed E-state index contributed by atoms with van der Waals surface area (Å²) >= 11 is 5.91. The Labute approximate surface area is 99.6 Å². The lowest BCUT2D eigenvalue weighted by atomic mass is 9.99. The number of benzene rings is 1. The number of aliphatic hydroxyl groups is 1. The zero-order valence-corrected chi connectivity index (χ0v) is 9.87. The lowest BCUT2D eigenvalue weighted by Crippen LogP contribution is -2.51. The first kappa shape index (κ1) is 11.4. The molecule has 1 fully saturated rings. The van der Waals surface area contributed by atoms with Crippen molar-refractivity contribution in [1.82, 2.24) is 4.90 Å². The minimum atomic E-state index is -0.00435. The number of amides is 1. The first-order chi connectivity index (χ1) is 7.60. The van der Waals surface area contributed by atoms with E-state index in [-0.39, 0.29) is 18.4 Å². The van der Waals surface area contributed by atoms with E-state index in [4.69, 9.17) is 16.7 Å². The number of carbonyl (C=O) groups excluding carboxylic acids is 1. The highest BCUT2D eigenvalue weighted by atomic mass is 35.5. The number of halogens is 1. The van der Waals surface area contributed by atoms with Crippen LogP contribution in [0.2, 0.25) is 5.02 Å². The van der Waals surface area contributed by atoms with Crippen molar-refractivity contribution in [2.75, 3.05) is 19.7 Å². The first-order valence-corrected chi connectivity index (χ1v) is 5.65. The highest BCUT2D eigenvalue weighted by Gasteiger charge is 2.30. The third-order valence-electron chi connectivity index (χ3n) is 2.79. The van der Waals surface area contributed by atoms with Gasteiger partial charge in [-0.25, -0.2) is 0 Å². The summed E-state index contributed by atoms with van der Waals surface area (Å²) in [6, 6.07) is 5.34. The summed E-state index contributed by atoms with van der Waals surface area (Å²) in [6.07, 6.45) is 0. The number of carbonyl (C=O) groups is 1. The number of hydrogen-bond acceptors (Lipinski definition) is 2. The van der Waals surface area contributed by atoms with Gasteiger partial charge in [0, 0.05) is 36.2 Å². The number of aryl methyl sites for hydroxylation is 1. The summed E-state index contributed by atoms with van der Waals surface area (Å²) in [4.78, 5) is 13.7. The average Bonchev–Trinajstić information content (AvgIpc) is 2.14. The van der Waals surface area contributed by atoms with Crippen LogP contribution in [-0.2, 0) is 0 Å². The Hall–Kier alpha value is -1.06. The van der Waals surface area contributed by atoms with Crippen molar-refractivity contribution in [3.8, 4) is 0 Å². The van der Waals surface area contributed by atoms with Crippen LogP contribution in [0.25, 0.3) is 0 Å². The van der Waals surface area contributed by atoms with Gasteiger partial charge in [-0.15, -0.1) is 0 Å². The SMILES string of the molecule is Cc1cc(Cl)cc(C(=O)N2CC(CO)C2)c1. The van der Waals surface area contributed by atoms with Crippen molar-refractivity contribution in [1.29, 1.82) is 0 Å². The monoisotopic (exact) mass is 239 g/mol. The standard InChI is InChI=1S/C12H14ClNO2/c1-8-2-10(4-11(13)3-8)12(16)14-5-9(6-14)7-15/h2-4,9,15H,5-7H2,1H3. The van der Waals surface area contributed by atoms with Crippen LogP contribution in [0, 0.1) is 12.8 Å². The predicted molar refractivity (Wildman–Crippen MR) is 62.7 cm³/mol. The Morgan fingerprint density at radius 1 is 1.50 bits per heavy atom. The van der Waals surface area contributed by atoms with E-state index in [1.807, 2.05) is 19.1 Å². The molecule has 2 rings (SSSR count). The normalized spacial score (nSPS) is 16.1. The molecule has 0 unspecified atom stereocenters. The van der Waals surface area contributed by atoms with Gasteiger partial charge in [0.15, 0.2) is 0 Å². The van der Waals surface area contributed by atoms with E-state index in [1.165, 1.54) is 0 Å². The zero-order chi connectivity index (χ0) is 11.7. The Balaban J connectivity index is 2.10. The molecule has 0 spiro atoms. The molecule has 1 amide bonds. The minimum Gasteiger partial charge on any atom is -0.396 e. The Bertz CT molecular complexity index is 393. The Morgan fingerprint density at radius 2 is 2.19 bits per heavy atom. The van der Waals surface area contributed by atoms with E-state index in [2.05, 4.69) is 0 Å². The second-order valence-corrected chi connectivity index (χ2v) is 4.71. The van der Waals surface area contributed by atoms with E-state index in [9.17, 15) is 4.79 Å². The first-order valence-electron chi connectivity index (χ1n) is 5.27. The lowest BCUT2D eigenvalue weighted by molar-refractivity contribution is 0.0362. The van der Waals surface area contributed by atoms with Crippen LogP contribution < -0.4 is 0 Å². The van der Waals surface area contributed by atoms with Gasteiger partial charge in [-0.3, -0.25) is 4.79 Å². The largest absolute Gasteiger partial charge is 0.396 e. The molecule has 1 heterocycles. The maximum absolute atomic E-state index is 12.0. The molecule has 0 radical (unpaired) electrons. The molecule has 1 N–H and O–H groups in total. The van der Waals surface area contributed by atoms with Crippen molar-refractivity contribution in [2.45, 2.75) is 6.92 Å². The van der Waals surface area contributed by atoms with E-state index < -0.39 is 0 Å². The second kappa shape index (κ2) is 4.44. The summed E-state index contributed by atoms with van der Waals surface area (Å²) in [5.41, 5.74) is 1.61. The minimum absolute atomic E-state index is 0.00435. The fraction of sp³-hybridized carbons (Fsp3) is 0.417. The summed E-state index contributed by atoms with van der Waals surface area (Å²) in [6.45, 7) is 3.34. The van der Waals surface area contributed by atoms with E-state index in [1.54, 1.807) is 11.0 Å². The van der Waals surface area contributed by atoms with Gasteiger partial charge >= 0.3 is 0 Å². The summed E-state index contributed by atoms with van der Waals surface area (Å²) in [7, 11) is 0. The average molecular weight is 240 g/mol. The molecule has 86 valence electrons. The topological polar surface area (TPSA) is 40.5 Å². The maximum Gasteiger partial charge on any atom is 0.253 e. The molecule has 0 aliphatic carbocycles. The van der Waals surface area contributed by atoms with Gasteiger partial charge in [0.05, 0.1) is 0 Å². The van der Waals surface area contributed by atoms with Gasteiger partial charge in [-0.2, -0.15) is 0 Å². The Morgan fingerprint density at radius 3 is 2.75 bits per heavy atom. The molecule has 0 bridgehead atoms. The molecular formula is C12H14ClNO2. The molecule has 0 aromatic heterocycles. The number of hydrogen-bond donors (Lipinski definition) is 1. The third-order valence-corrected chi connectivity index (χ3v) is 3.01. The number of aliphatic hydroxyl groups excluding tert-OH is 1. The van der Waals surface area contributed by atoms with Crippen LogP contribution in [0.1, 0.15) is 15.9 Å². The van der Waals surface area contributed by atoms with Crippen molar-refractivity contribution in [2.24, 2.45) is 5.92 Å². The van der Waals surface area contributed by atoms with E-state index in [0.717, 1.165) is 5.56 Å². The van der Waals surface area contributed by atoms with Crippen LogP contribution in [0.15, 0.2) is 18.2 Å². The zero-order valence-electron chi connectivity index (χ0n) is 9.11. The van der Waals surface area contributed by atoms with Crippen LogP contribution in [0.5, 0.6) is 0 Å². The molecular weight excluding hydrogens is 226 g/mol. The van der Waals surface area contributed by atoms with Crippen LogP contribution in [-0.4, -0.2) is 35.6 Å². The molecule has 1 aromatic carbocycles. The molecule has 1 aliphatic heterocycles. The molecule has 3 nitrogen and oxygen atoms in total. The van der Waals surface area contributed by atoms with Crippen molar-refractivity contribution >= 4 is 17.5 Å². The highest BCUT2D eigenvalue weighted by Crippen LogP contribution is 2.21. The summed E-state index contributed by atoms with van der Waals surface area (Å²) in [5, 5.41) is 9.47. The van der Waals surface area contributed by atoms with Gasteiger partial charge in [-0.1, -0.05) is 11.6 Å². The molecule has 1 aliphatic rings. The smallest absolute Gasteiger partial charge is 0.253 e. The summed E-state index contributed by atoms with van der Waals surface area (Å²) < 4.78 is 0. The van der Waals surface area contributed by atoms with Crippen LogP contribution >= 0.6 is 11.6 Å². The fourth-order valence-corrected chi connectivity index (χ4v) is 2.18. The van der Waals surface area contributed by atoms with Gasteiger partial charge < -0.3 is 10.0 Å². The summed E-state index contributed by atoms with van der Waals surface area (Å²) in [5.74, 6) is 0.236. The number of nitrogens with zero attached hydrogens (tertiary/aromatic N) is 1. The molecule has 1 aromatic rings. The molecule has 1 saturated heterocycles. The highest BCUT2D eigenvalue weighted by molar-refractivity contribution is 6.31. The van der Waals surface area contributed by atoms with E-state index >= 15 is 0 Å². The number of rotatable bonds is 2. The van der Waals surface area contributed by atoms with Crippen LogP contribution in [0.3, 0.4) is 0 Å². The van der Waals surface area contributed by atoms with Crippen molar-refractivity contribution in [3.63, 3.8) is 0 Å². The third kappa shape index (κ3) is 2.20. The van der Waals surface area contributed by atoms with Crippen molar-refractivity contribution in [3.05, 3.63) is 34.3 Å². The molecule has 4 heteroatoms. The molecule has 16 heavy (non-hydrogen) atoms. The second-order valence-electron chi connectivity index (χ2n) is 4.28. The van der Waals surface area contributed by atoms with Crippen LogP contribution in [0.4, 0.5) is 0 Å². The maximum atomic E-state index is 12.0. The van der Waals surface area contributed by atoms with Gasteiger partial charge in [-0.05, 0) is 30.7 Å².